The van der Waals surface area contributed by atoms with Crippen LogP contribution < -0.4 is 16.2 Å². The second kappa shape index (κ2) is 7.06. The van der Waals surface area contributed by atoms with Gasteiger partial charge in [-0.15, -0.1) is 10.2 Å². The van der Waals surface area contributed by atoms with E-state index in [9.17, 15) is 12.8 Å². The number of aromatic nitrogens is 2. The normalized spacial score (nSPS) is 11.5. The highest BCUT2D eigenvalue weighted by Crippen LogP contribution is 2.36. The van der Waals surface area contributed by atoms with E-state index >= 15 is 0 Å². The van der Waals surface area contributed by atoms with Crippen molar-refractivity contribution in [1.82, 2.24) is 10.2 Å². The van der Waals surface area contributed by atoms with Gasteiger partial charge in [-0.05, 0) is 65.4 Å². The Labute approximate surface area is 166 Å². The van der Waals surface area contributed by atoms with Gasteiger partial charge in [-0.25, -0.2) is 17.9 Å². The predicted molar refractivity (Wildman–Crippen MR) is 108 cm³/mol. The third kappa shape index (κ3) is 3.95. The van der Waals surface area contributed by atoms with Gasteiger partial charge in [-0.1, -0.05) is 11.3 Å². The SMILES string of the molecule is Cc1cc(I)ccc1Nc1cc(F)c(S(N)(=O)=O)cc1-c1nnc(N)s1. The maximum atomic E-state index is 14.4. The predicted octanol–water partition coefficient (Wildman–Crippen LogP) is 3.23. The molecular weight excluding hydrogens is 492 g/mol. The Morgan fingerprint density at radius 3 is 2.50 bits per heavy atom. The average molecular weight is 505 g/mol. The molecule has 0 unspecified atom stereocenters. The number of nitrogen functional groups attached to an aromatic ring is 1. The van der Waals surface area contributed by atoms with Crippen LogP contribution in [0, 0.1) is 16.3 Å². The first-order valence-electron chi connectivity index (χ1n) is 7.14. The van der Waals surface area contributed by atoms with Gasteiger partial charge >= 0.3 is 0 Å². The third-order valence-electron chi connectivity index (χ3n) is 3.51. The number of aryl methyl sites for hydroxylation is 1. The summed E-state index contributed by atoms with van der Waals surface area (Å²) in [6, 6.07) is 7.91. The number of nitrogens with two attached hydrogens (primary N) is 2. The van der Waals surface area contributed by atoms with E-state index in [2.05, 4.69) is 38.1 Å². The summed E-state index contributed by atoms with van der Waals surface area (Å²) in [7, 11) is -4.24. The first kappa shape index (κ1) is 18.9. The molecule has 0 fully saturated rings. The van der Waals surface area contributed by atoms with Crippen LogP contribution in [0.25, 0.3) is 10.6 Å². The fourth-order valence-electron chi connectivity index (χ4n) is 2.31. The summed E-state index contributed by atoms with van der Waals surface area (Å²) < 4.78 is 38.7. The molecule has 0 radical (unpaired) electrons. The fourth-order valence-corrected chi connectivity index (χ4v) is 4.21. The summed E-state index contributed by atoms with van der Waals surface area (Å²) in [6.07, 6.45) is 0. The van der Waals surface area contributed by atoms with E-state index in [4.69, 9.17) is 10.9 Å². The zero-order valence-electron chi connectivity index (χ0n) is 13.3. The van der Waals surface area contributed by atoms with Crippen LogP contribution in [0.3, 0.4) is 0 Å². The molecule has 2 aromatic carbocycles. The molecule has 3 rings (SSSR count). The Hall–Kier alpha value is -1.83. The average Bonchev–Trinajstić information content (AvgIpc) is 2.95. The van der Waals surface area contributed by atoms with Gasteiger partial charge in [0.05, 0.1) is 5.69 Å². The topological polar surface area (TPSA) is 124 Å². The number of nitrogens with one attached hydrogen (secondary N) is 1. The number of halogens is 2. The zero-order chi connectivity index (χ0) is 19.1. The quantitative estimate of drug-likeness (QED) is 0.468. The number of benzene rings is 2. The molecule has 0 bridgehead atoms. The van der Waals surface area contributed by atoms with Crippen LogP contribution in [0.4, 0.5) is 20.9 Å². The van der Waals surface area contributed by atoms with E-state index < -0.39 is 20.7 Å². The molecule has 26 heavy (non-hydrogen) atoms. The molecule has 136 valence electrons. The summed E-state index contributed by atoms with van der Waals surface area (Å²) >= 11 is 3.25. The minimum Gasteiger partial charge on any atom is -0.374 e. The Kier molecular flexibility index (Phi) is 5.14. The van der Waals surface area contributed by atoms with Gasteiger partial charge in [0.25, 0.3) is 0 Å². The molecule has 0 amide bonds. The number of nitrogens with zero attached hydrogens (tertiary/aromatic N) is 2. The van der Waals surface area contributed by atoms with Gasteiger partial charge in [0, 0.05) is 14.8 Å². The van der Waals surface area contributed by atoms with Crippen molar-refractivity contribution < 1.29 is 12.8 Å². The van der Waals surface area contributed by atoms with Crippen molar-refractivity contribution in [3.05, 3.63) is 45.3 Å². The Morgan fingerprint density at radius 1 is 1.19 bits per heavy atom. The van der Waals surface area contributed by atoms with Crippen molar-refractivity contribution in [2.75, 3.05) is 11.1 Å². The lowest BCUT2D eigenvalue weighted by Crippen LogP contribution is -2.14. The first-order chi connectivity index (χ1) is 12.1. The summed E-state index contributed by atoms with van der Waals surface area (Å²) in [4.78, 5) is -0.619. The van der Waals surface area contributed by atoms with Crippen molar-refractivity contribution in [1.29, 1.82) is 0 Å². The highest BCUT2D eigenvalue weighted by atomic mass is 127. The molecule has 3 aromatic rings. The van der Waals surface area contributed by atoms with Gasteiger partial charge in [0.1, 0.15) is 10.7 Å². The second-order valence-electron chi connectivity index (χ2n) is 5.40. The van der Waals surface area contributed by atoms with Crippen molar-refractivity contribution >= 4 is 60.5 Å². The van der Waals surface area contributed by atoms with Gasteiger partial charge in [0.2, 0.25) is 15.2 Å². The molecule has 1 aromatic heterocycles. The highest BCUT2D eigenvalue weighted by molar-refractivity contribution is 14.1. The zero-order valence-corrected chi connectivity index (χ0v) is 17.1. The van der Waals surface area contributed by atoms with Crippen LogP contribution in [0.5, 0.6) is 0 Å². The molecule has 0 aliphatic rings. The second-order valence-corrected chi connectivity index (χ2v) is 9.19. The van der Waals surface area contributed by atoms with Crippen molar-refractivity contribution in [2.45, 2.75) is 11.8 Å². The van der Waals surface area contributed by atoms with E-state index in [1.807, 2.05) is 25.1 Å². The lowest BCUT2D eigenvalue weighted by molar-refractivity contribution is 0.568. The number of hydrogen-bond donors (Lipinski definition) is 3. The molecule has 0 atom stereocenters. The van der Waals surface area contributed by atoms with Crippen molar-refractivity contribution in [3.63, 3.8) is 0 Å². The summed E-state index contributed by atoms with van der Waals surface area (Å²) in [5, 5.41) is 16.4. The summed E-state index contributed by atoms with van der Waals surface area (Å²) in [5.74, 6) is -0.959. The minimum absolute atomic E-state index is 0.206. The minimum atomic E-state index is -4.24. The Bertz CT molecular complexity index is 1100. The molecule has 0 spiro atoms. The maximum absolute atomic E-state index is 14.4. The van der Waals surface area contributed by atoms with Crippen LogP contribution in [-0.2, 0) is 10.0 Å². The van der Waals surface area contributed by atoms with Crippen LogP contribution in [0.15, 0.2) is 35.2 Å². The van der Waals surface area contributed by atoms with Gasteiger partial charge in [-0.3, -0.25) is 0 Å². The van der Waals surface area contributed by atoms with Crippen LogP contribution in [-0.4, -0.2) is 18.6 Å². The van der Waals surface area contributed by atoms with Gasteiger partial charge in [0.15, 0.2) is 5.01 Å². The largest absolute Gasteiger partial charge is 0.374 e. The van der Waals surface area contributed by atoms with Gasteiger partial charge < -0.3 is 11.1 Å². The first-order valence-corrected chi connectivity index (χ1v) is 10.6. The summed E-state index contributed by atoms with van der Waals surface area (Å²) in [5.41, 5.74) is 7.97. The van der Waals surface area contributed by atoms with E-state index in [1.54, 1.807) is 0 Å². The number of primary sulfonamides is 1. The summed E-state index contributed by atoms with van der Waals surface area (Å²) in [6.45, 7) is 1.90. The molecule has 0 aliphatic carbocycles. The van der Waals surface area contributed by atoms with E-state index in [-0.39, 0.29) is 5.13 Å². The third-order valence-corrected chi connectivity index (χ3v) is 5.89. The van der Waals surface area contributed by atoms with Crippen LogP contribution in [0.1, 0.15) is 5.56 Å². The smallest absolute Gasteiger partial charge is 0.240 e. The molecule has 0 saturated carbocycles. The van der Waals surface area contributed by atoms with E-state index in [0.29, 0.717) is 16.3 Å². The number of hydrogen-bond acceptors (Lipinski definition) is 7. The molecule has 11 heteroatoms. The molecular formula is C15H13FIN5O2S2. The molecule has 1 heterocycles. The lowest BCUT2D eigenvalue weighted by Gasteiger charge is -2.14. The Morgan fingerprint density at radius 2 is 1.92 bits per heavy atom. The van der Waals surface area contributed by atoms with Gasteiger partial charge in [-0.2, -0.15) is 0 Å². The molecule has 0 saturated heterocycles. The number of anilines is 3. The monoisotopic (exact) mass is 505 g/mol. The van der Waals surface area contributed by atoms with E-state index in [1.165, 1.54) is 0 Å². The number of rotatable bonds is 4. The highest BCUT2D eigenvalue weighted by Gasteiger charge is 2.21. The molecule has 5 N–H and O–H groups in total. The van der Waals surface area contributed by atoms with Crippen LogP contribution in [0.2, 0.25) is 0 Å². The van der Waals surface area contributed by atoms with Crippen molar-refractivity contribution in [2.24, 2.45) is 5.14 Å². The Balaban J connectivity index is 2.18. The lowest BCUT2D eigenvalue weighted by atomic mass is 10.1. The van der Waals surface area contributed by atoms with E-state index in [0.717, 1.165) is 38.3 Å². The molecule has 0 aliphatic heterocycles. The molecule has 7 nitrogen and oxygen atoms in total. The maximum Gasteiger partial charge on any atom is 0.240 e. The van der Waals surface area contributed by atoms with Crippen molar-refractivity contribution in [3.8, 4) is 10.6 Å². The number of sulfonamides is 1. The standard InChI is InChI=1S/C15H13FIN5O2S2/c1-7-4-8(17)2-3-11(7)20-12-6-10(16)13(26(19,23)24)5-9(12)14-21-22-15(18)25-14/h2-6,20H,1H3,(H2,18,22)(H2,19,23,24). The fraction of sp³-hybridized carbons (Fsp3) is 0.0667. The van der Waals surface area contributed by atoms with Crippen LogP contribution >= 0.6 is 33.9 Å².